The SMILES string of the molecule is Nc1ccccc1NC(=O)C=Cc1ccc(C=C(C(=O)N2CCOCC2)c2ccccc2F)cc1. The molecule has 0 spiro atoms. The second kappa shape index (κ2) is 11.3. The molecule has 1 aliphatic heterocycles. The number of nitrogens with zero attached hydrogens (tertiary/aromatic N) is 1. The van der Waals surface area contributed by atoms with Gasteiger partial charge in [-0.2, -0.15) is 0 Å². The Labute approximate surface area is 203 Å². The van der Waals surface area contributed by atoms with Gasteiger partial charge >= 0.3 is 0 Å². The van der Waals surface area contributed by atoms with Gasteiger partial charge in [0, 0.05) is 24.7 Å². The zero-order chi connectivity index (χ0) is 24.6. The van der Waals surface area contributed by atoms with Gasteiger partial charge in [-0.25, -0.2) is 4.39 Å². The Morgan fingerprint density at radius 1 is 0.914 bits per heavy atom. The molecule has 0 atom stereocenters. The van der Waals surface area contributed by atoms with Crippen LogP contribution in [-0.4, -0.2) is 43.0 Å². The second-order valence-electron chi connectivity index (χ2n) is 8.02. The van der Waals surface area contributed by atoms with E-state index < -0.39 is 5.82 Å². The Hall–Kier alpha value is -4.23. The van der Waals surface area contributed by atoms with Crippen molar-refractivity contribution < 1.29 is 18.7 Å². The van der Waals surface area contributed by atoms with Gasteiger partial charge in [-0.3, -0.25) is 9.59 Å². The Kier molecular flexibility index (Phi) is 7.70. The minimum atomic E-state index is -0.454. The van der Waals surface area contributed by atoms with Crippen LogP contribution in [0.2, 0.25) is 0 Å². The van der Waals surface area contributed by atoms with Crippen molar-refractivity contribution in [2.45, 2.75) is 0 Å². The largest absolute Gasteiger partial charge is 0.397 e. The zero-order valence-electron chi connectivity index (χ0n) is 19.1. The fraction of sp³-hybridized carbons (Fsp3) is 0.143. The van der Waals surface area contributed by atoms with Crippen LogP contribution in [-0.2, 0) is 14.3 Å². The summed E-state index contributed by atoms with van der Waals surface area (Å²) in [5.41, 5.74) is 8.97. The maximum atomic E-state index is 14.6. The second-order valence-corrected chi connectivity index (χ2v) is 8.02. The Bertz CT molecular complexity index is 1260. The minimum Gasteiger partial charge on any atom is -0.397 e. The van der Waals surface area contributed by atoms with E-state index in [1.807, 2.05) is 24.3 Å². The van der Waals surface area contributed by atoms with E-state index >= 15 is 0 Å². The third kappa shape index (κ3) is 6.22. The lowest BCUT2D eigenvalue weighted by Gasteiger charge is -2.28. The molecule has 7 heteroatoms. The fourth-order valence-corrected chi connectivity index (χ4v) is 3.70. The predicted octanol–water partition coefficient (Wildman–Crippen LogP) is 4.46. The van der Waals surface area contributed by atoms with Crippen LogP contribution in [0, 0.1) is 5.82 Å². The van der Waals surface area contributed by atoms with Crippen LogP contribution in [0.1, 0.15) is 16.7 Å². The summed E-state index contributed by atoms with van der Waals surface area (Å²) in [7, 11) is 0. The number of carbonyl (C=O) groups is 2. The molecule has 3 aromatic rings. The Morgan fingerprint density at radius 3 is 2.29 bits per heavy atom. The molecule has 1 fully saturated rings. The number of hydrogen-bond donors (Lipinski definition) is 2. The lowest BCUT2D eigenvalue weighted by Crippen LogP contribution is -2.41. The molecule has 4 rings (SSSR count). The third-order valence-electron chi connectivity index (χ3n) is 5.59. The summed E-state index contributed by atoms with van der Waals surface area (Å²) in [5.74, 6) is -0.992. The molecule has 0 unspecified atom stereocenters. The molecule has 1 aliphatic rings. The summed E-state index contributed by atoms with van der Waals surface area (Å²) >= 11 is 0. The Balaban J connectivity index is 1.53. The molecule has 2 amide bonds. The number of ether oxygens (including phenoxy) is 1. The zero-order valence-corrected chi connectivity index (χ0v) is 19.1. The van der Waals surface area contributed by atoms with E-state index in [1.165, 1.54) is 12.1 Å². The molecule has 178 valence electrons. The molecule has 0 aliphatic carbocycles. The van der Waals surface area contributed by atoms with E-state index in [2.05, 4.69) is 5.32 Å². The average Bonchev–Trinajstić information content (AvgIpc) is 2.89. The molecule has 0 radical (unpaired) electrons. The van der Waals surface area contributed by atoms with Crippen LogP contribution in [0.4, 0.5) is 15.8 Å². The summed E-state index contributed by atoms with van der Waals surface area (Å²) in [6, 6.07) is 20.6. The van der Waals surface area contributed by atoms with Crippen LogP contribution in [0.3, 0.4) is 0 Å². The molecule has 6 nitrogen and oxygen atoms in total. The number of nitrogens with two attached hydrogens (primary N) is 1. The van der Waals surface area contributed by atoms with Crippen molar-refractivity contribution in [3.63, 3.8) is 0 Å². The number of benzene rings is 3. The van der Waals surface area contributed by atoms with Gasteiger partial charge in [0.25, 0.3) is 5.91 Å². The highest BCUT2D eigenvalue weighted by Crippen LogP contribution is 2.24. The monoisotopic (exact) mass is 471 g/mol. The molecule has 35 heavy (non-hydrogen) atoms. The highest BCUT2D eigenvalue weighted by atomic mass is 19.1. The Morgan fingerprint density at radius 2 is 1.57 bits per heavy atom. The number of carbonyl (C=O) groups excluding carboxylic acids is 2. The standard InChI is InChI=1S/C28H26FN3O3/c29-24-6-2-1-5-22(24)23(28(34)32-15-17-35-18-16-32)19-21-11-9-20(10-12-21)13-14-27(33)31-26-8-4-3-7-25(26)30/h1-14,19H,15-18,30H2,(H,31,33). The van der Waals surface area contributed by atoms with Crippen molar-refractivity contribution in [2.75, 3.05) is 37.4 Å². The summed E-state index contributed by atoms with van der Waals surface area (Å²) in [6.45, 7) is 1.85. The molecule has 0 saturated carbocycles. The number of rotatable bonds is 6. The fourth-order valence-electron chi connectivity index (χ4n) is 3.70. The molecule has 3 N–H and O–H groups in total. The number of morpholine rings is 1. The molecule has 0 bridgehead atoms. The number of hydrogen-bond acceptors (Lipinski definition) is 4. The first kappa shape index (κ1) is 23.9. The molecule has 3 aromatic carbocycles. The number of amides is 2. The number of nitrogen functional groups attached to an aromatic ring is 1. The van der Waals surface area contributed by atoms with E-state index in [1.54, 1.807) is 59.5 Å². The first-order valence-electron chi connectivity index (χ1n) is 11.3. The first-order valence-corrected chi connectivity index (χ1v) is 11.3. The van der Waals surface area contributed by atoms with Crippen LogP contribution in [0.15, 0.2) is 78.9 Å². The smallest absolute Gasteiger partial charge is 0.254 e. The van der Waals surface area contributed by atoms with Crippen LogP contribution < -0.4 is 11.1 Å². The maximum Gasteiger partial charge on any atom is 0.254 e. The number of halogens is 1. The molecular formula is C28H26FN3O3. The maximum absolute atomic E-state index is 14.6. The van der Waals surface area contributed by atoms with E-state index in [0.29, 0.717) is 37.7 Å². The predicted molar refractivity (Wildman–Crippen MR) is 137 cm³/mol. The van der Waals surface area contributed by atoms with Gasteiger partial charge < -0.3 is 20.7 Å². The number of para-hydroxylation sites is 2. The van der Waals surface area contributed by atoms with Crippen molar-refractivity contribution >= 4 is 40.9 Å². The van der Waals surface area contributed by atoms with E-state index in [4.69, 9.17) is 10.5 Å². The summed E-state index contributed by atoms with van der Waals surface area (Å²) in [5, 5.41) is 2.74. The average molecular weight is 472 g/mol. The molecule has 1 heterocycles. The minimum absolute atomic E-state index is 0.237. The number of anilines is 2. The van der Waals surface area contributed by atoms with E-state index in [9.17, 15) is 14.0 Å². The van der Waals surface area contributed by atoms with Crippen molar-refractivity contribution in [1.82, 2.24) is 4.90 Å². The van der Waals surface area contributed by atoms with E-state index in [-0.39, 0.29) is 23.0 Å². The lowest BCUT2D eigenvalue weighted by atomic mass is 10.00. The third-order valence-corrected chi connectivity index (χ3v) is 5.59. The molecular weight excluding hydrogens is 445 g/mol. The van der Waals surface area contributed by atoms with Gasteiger partial charge in [0.2, 0.25) is 5.91 Å². The van der Waals surface area contributed by atoms with Crippen molar-refractivity contribution in [2.24, 2.45) is 0 Å². The molecule has 1 saturated heterocycles. The number of nitrogens with one attached hydrogen (secondary N) is 1. The van der Waals surface area contributed by atoms with Gasteiger partial charge in [-0.1, -0.05) is 54.6 Å². The normalized spacial score (nSPS) is 14.2. The van der Waals surface area contributed by atoms with Crippen LogP contribution >= 0.6 is 0 Å². The first-order chi connectivity index (χ1) is 17.0. The van der Waals surface area contributed by atoms with Crippen molar-refractivity contribution in [3.05, 3.63) is 101 Å². The lowest BCUT2D eigenvalue weighted by molar-refractivity contribution is -0.128. The van der Waals surface area contributed by atoms with Gasteiger partial charge in [-0.05, 0) is 41.5 Å². The van der Waals surface area contributed by atoms with Crippen molar-refractivity contribution in [3.8, 4) is 0 Å². The summed E-state index contributed by atoms with van der Waals surface area (Å²) < 4.78 is 19.9. The van der Waals surface area contributed by atoms with Gasteiger partial charge in [0.15, 0.2) is 0 Å². The molecule has 0 aromatic heterocycles. The van der Waals surface area contributed by atoms with Gasteiger partial charge in [0.05, 0.1) is 30.2 Å². The highest BCUT2D eigenvalue weighted by Gasteiger charge is 2.23. The topological polar surface area (TPSA) is 84.7 Å². The van der Waals surface area contributed by atoms with Gasteiger partial charge in [0.1, 0.15) is 5.82 Å². The van der Waals surface area contributed by atoms with Crippen molar-refractivity contribution in [1.29, 1.82) is 0 Å². The quantitative estimate of drug-likeness (QED) is 0.316. The van der Waals surface area contributed by atoms with Crippen LogP contribution in [0.5, 0.6) is 0 Å². The summed E-state index contributed by atoms with van der Waals surface area (Å²) in [4.78, 5) is 27.1. The van der Waals surface area contributed by atoms with Crippen LogP contribution in [0.25, 0.3) is 17.7 Å². The van der Waals surface area contributed by atoms with Gasteiger partial charge in [-0.15, -0.1) is 0 Å². The highest BCUT2D eigenvalue weighted by molar-refractivity contribution is 6.24. The van der Waals surface area contributed by atoms with E-state index in [0.717, 1.165) is 11.1 Å². The summed E-state index contributed by atoms with van der Waals surface area (Å²) in [6.07, 6.45) is 4.79.